The van der Waals surface area contributed by atoms with Crippen LogP contribution in [0, 0.1) is 5.82 Å². The molecule has 2 N–H and O–H groups in total. The summed E-state index contributed by atoms with van der Waals surface area (Å²) >= 11 is 0. The number of halogens is 1. The van der Waals surface area contributed by atoms with Crippen molar-refractivity contribution in [2.75, 3.05) is 26.1 Å². The van der Waals surface area contributed by atoms with Crippen LogP contribution in [0.1, 0.15) is 0 Å². The Kier molecular flexibility index (Phi) is 5.40. The summed E-state index contributed by atoms with van der Waals surface area (Å²) < 4.78 is 26.5. The van der Waals surface area contributed by atoms with Gasteiger partial charge in [-0.3, -0.25) is 9.67 Å². The summed E-state index contributed by atoms with van der Waals surface area (Å²) in [5.41, 5.74) is 2.48. The molecule has 3 aromatic heterocycles. The zero-order valence-corrected chi connectivity index (χ0v) is 16.3. The van der Waals surface area contributed by atoms with Gasteiger partial charge in [-0.2, -0.15) is 5.10 Å². The molecule has 10 heteroatoms. The molecule has 0 amide bonds. The van der Waals surface area contributed by atoms with Gasteiger partial charge in [0, 0.05) is 23.9 Å². The van der Waals surface area contributed by atoms with E-state index in [0.29, 0.717) is 35.0 Å². The van der Waals surface area contributed by atoms with E-state index in [4.69, 9.17) is 14.6 Å². The monoisotopic (exact) mass is 410 g/mol. The summed E-state index contributed by atoms with van der Waals surface area (Å²) in [7, 11) is 2.88. The summed E-state index contributed by atoms with van der Waals surface area (Å²) in [5.74, 6) is 0.327. The Morgan fingerprint density at radius 1 is 1.13 bits per heavy atom. The molecule has 1 aromatic carbocycles. The van der Waals surface area contributed by atoms with Crippen molar-refractivity contribution in [2.45, 2.75) is 6.54 Å². The van der Waals surface area contributed by atoms with Crippen LogP contribution in [0.25, 0.3) is 22.4 Å². The summed E-state index contributed by atoms with van der Waals surface area (Å²) in [6.07, 6.45) is 5.04. The van der Waals surface area contributed by atoms with Gasteiger partial charge in [-0.15, -0.1) is 0 Å². The number of hydrogen-bond acceptors (Lipinski definition) is 8. The number of methoxy groups -OCH3 is 2. The van der Waals surface area contributed by atoms with Crippen molar-refractivity contribution in [1.29, 1.82) is 0 Å². The van der Waals surface area contributed by atoms with Gasteiger partial charge in [-0.05, 0) is 12.1 Å². The predicted octanol–water partition coefficient (Wildman–Crippen LogP) is 2.78. The van der Waals surface area contributed by atoms with Gasteiger partial charge in [0.2, 0.25) is 0 Å². The van der Waals surface area contributed by atoms with E-state index in [2.05, 4.69) is 25.4 Å². The smallest absolute Gasteiger partial charge is 0.188 e. The number of aliphatic hydroxyl groups excluding tert-OH is 1. The lowest BCUT2D eigenvalue weighted by Crippen LogP contribution is -2.01. The Labute approximate surface area is 171 Å². The number of aromatic nitrogens is 5. The average Bonchev–Trinajstić information content (AvgIpc) is 3.23. The average molecular weight is 410 g/mol. The highest BCUT2D eigenvalue weighted by molar-refractivity contribution is 5.76. The molecule has 3 heterocycles. The van der Waals surface area contributed by atoms with E-state index in [0.717, 1.165) is 5.56 Å². The summed E-state index contributed by atoms with van der Waals surface area (Å²) in [5, 5.41) is 16.1. The van der Waals surface area contributed by atoms with Crippen LogP contribution < -0.4 is 14.8 Å². The fourth-order valence-electron chi connectivity index (χ4n) is 2.89. The molecule has 4 aromatic rings. The maximum absolute atomic E-state index is 14.6. The quantitative estimate of drug-likeness (QED) is 0.479. The fourth-order valence-corrected chi connectivity index (χ4v) is 2.89. The van der Waals surface area contributed by atoms with Gasteiger partial charge in [0.15, 0.2) is 17.2 Å². The lowest BCUT2D eigenvalue weighted by molar-refractivity contribution is 0.269. The van der Waals surface area contributed by atoms with Crippen LogP contribution in [0.15, 0.2) is 42.9 Å². The van der Waals surface area contributed by atoms with Gasteiger partial charge in [-0.1, -0.05) is 0 Å². The second-order valence-electron chi connectivity index (χ2n) is 6.33. The second kappa shape index (κ2) is 8.29. The van der Waals surface area contributed by atoms with E-state index in [1.54, 1.807) is 35.4 Å². The molecule has 30 heavy (non-hydrogen) atoms. The van der Waals surface area contributed by atoms with Crippen molar-refractivity contribution in [3.05, 3.63) is 48.7 Å². The molecular weight excluding hydrogens is 391 g/mol. The first-order valence-electron chi connectivity index (χ1n) is 9.07. The highest BCUT2D eigenvalue weighted by Gasteiger charge is 2.14. The molecular formula is C20H19FN6O3. The molecule has 0 spiro atoms. The van der Waals surface area contributed by atoms with Crippen LogP contribution >= 0.6 is 0 Å². The molecule has 0 unspecified atom stereocenters. The van der Waals surface area contributed by atoms with Gasteiger partial charge in [0.05, 0.1) is 51.1 Å². The van der Waals surface area contributed by atoms with Crippen LogP contribution in [0.5, 0.6) is 11.5 Å². The molecule has 0 atom stereocenters. The van der Waals surface area contributed by atoms with Gasteiger partial charge in [0.25, 0.3) is 0 Å². The topological polar surface area (TPSA) is 107 Å². The summed E-state index contributed by atoms with van der Waals surface area (Å²) in [4.78, 5) is 13.4. The van der Waals surface area contributed by atoms with E-state index in [1.165, 1.54) is 26.4 Å². The van der Waals surface area contributed by atoms with Crippen molar-refractivity contribution in [3.8, 4) is 22.8 Å². The van der Waals surface area contributed by atoms with E-state index >= 15 is 0 Å². The van der Waals surface area contributed by atoms with Crippen molar-refractivity contribution >= 4 is 22.7 Å². The van der Waals surface area contributed by atoms with Crippen LogP contribution in [-0.2, 0) is 6.54 Å². The molecule has 154 valence electrons. The molecule has 4 rings (SSSR count). The number of nitrogens with one attached hydrogen (secondary N) is 1. The number of aliphatic hydroxyl groups is 1. The van der Waals surface area contributed by atoms with Crippen LogP contribution in [0.4, 0.5) is 15.9 Å². The third-order valence-corrected chi connectivity index (χ3v) is 4.40. The van der Waals surface area contributed by atoms with E-state index in [9.17, 15) is 4.39 Å². The number of nitrogens with zero attached hydrogens (tertiary/aromatic N) is 5. The molecule has 0 aliphatic rings. The number of ether oxygens (including phenoxy) is 2. The van der Waals surface area contributed by atoms with Gasteiger partial charge in [0.1, 0.15) is 17.1 Å². The van der Waals surface area contributed by atoms with E-state index < -0.39 is 5.82 Å². The minimum atomic E-state index is -0.559. The van der Waals surface area contributed by atoms with Crippen LogP contribution in [-0.4, -0.2) is 50.7 Å². The second-order valence-corrected chi connectivity index (χ2v) is 6.33. The maximum Gasteiger partial charge on any atom is 0.188 e. The molecule has 0 saturated heterocycles. The Morgan fingerprint density at radius 2 is 2.00 bits per heavy atom. The highest BCUT2D eigenvalue weighted by Crippen LogP contribution is 2.32. The maximum atomic E-state index is 14.6. The van der Waals surface area contributed by atoms with Gasteiger partial charge < -0.3 is 19.9 Å². The van der Waals surface area contributed by atoms with Crippen molar-refractivity contribution in [2.24, 2.45) is 0 Å². The normalized spacial score (nSPS) is 10.9. The number of pyridine rings is 1. The lowest BCUT2D eigenvalue weighted by atomic mass is 10.2. The molecule has 0 fully saturated rings. The van der Waals surface area contributed by atoms with Crippen LogP contribution in [0.3, 0.4) is 0 Å². The third-order valence-electron chi connectivity index (χ3n) is 4.40. The zero-order valence-electron chi connectivity index (χ0n) is 16.3. The Morgan fingerprint density at radius 3 is 2.77 bits per heavy atom. The van der Waals surface area contributed by atoms with Crippen LogP contribution in [0.2, 0.25) is 0 Å². The molecule has 9 nitrogen and oxygen atoms in total. The van der Waals surface area contributed by atoms with Crippen molar-refractivity contribution in [3.63, 3.8) is 0 Å². The number of hydrogen-bond donors (Lipinski definition) is 2. The number of benzene rings is 1. The molecule has 0 bridgehead atoms. The molecule has 0 aliphatic carbocycles. The largest absolute Gasteiger partial charge is 0.497 e. The third kappa shape index (κ3) is 3.85. The Balaban J connectivity index is 1.67. The SMILES string of the molecule is COc1cc(Nc2ccc3ncc(-c4cnn(CCO)c4)nc3n2)c(F)c(OC)c1. The summed E-state index contributed by atoms with van der Waals surface area (Å²) in [6, 6.07) is 6.40. The van der Waals surface area contributed by atoms with Gasteiger partial charge in [-0.25, -0.2) is 14.4 Å². The first-order chi connectivity index (χ1) is 14.6. The van der Waals surface area contributed by atoms with Crippen molar-refractivity contribution in [1.82, 2.24) is 24.7 Å². The number of anilines is 2. The number of fused-ring (bicyclic) bond motifs is 1. The lowest BCUT2D eigenvalue weighted by Gasteiger charge is -2.12. The minimum absolute atomic E-state index is 0.00722. The Hall–Kier alpha value is -3.79. The first kappa shape index (κ1) is 19.5. The molecule has 0 aliphatic heterocycles. The zero-order chi connectivity index (χ0) is 21.1. The highest BCUT2D eigenvalue weighted by atomic mass is 19.1. The van der Waals surface area contributed by atoms with Crippen molar-refractivity contribution < 1.29 is 19.0 Å². The fraction of sp³-hybridized carbons (Fsp3) is 0.200. The molecule has 0 radical (unpaired) electrons. The van der Waals surface area contributed by atoms with E-state index in [1.807, 2.05) is 0 Å². The minimum Gasteiger partial charge on any atom is -0.497 e. The number of rotatable bonds is 7. The van der Waals surface area contributed by atoms with E-state index in [-0.39, 0.29) is 18.0 Å². The molecule has 0 saturated carbocycles. The van der Waals surface area contributed by atoms with Gasteiger partial charge >= 0.3 is 0 Å². The predicted molar refractivity (Wildman–Crippen MR) is 108 cm³/mol. The Bertz CT molecular complexity index is 1200. The summed E-state index contributed by atoms with van der Waals surface area (Å²) in [6.45, 7) is 0.385. The first-order valence-corrected chi connectivity index (χ1v) is 9.07. The standard InChI is InChI=1S/C20H19FN6O3/c1-29-13-7-15(19(21)17(8-13)30-2)24-18-4-3-14-20(26-18)25-16(10-22-14)12-9-23-27(11-12)5-6-28/h3-4,7-11,28H,5-6H2,1-2H3,(H,24,25,26).